The minimum Gasteiger partial charge on any atom is -0.458 e. The molecular formula is C78H51B2N3O2. The molecule has 13 aromatic rings. The predicted molar refractivity (Wildman–Crippen MR) is 355 cm³/mol. The molecule has 7 heteroatoms. The van der Waals surface area contributed by atoms with Gasteiger partial charge in [-0.25, -0.2) is 0 Å². The third-order valence-electron chi connectivity index (χ3n) is 17.5. The lowest BCUT2D eigenvalue weighted by Gasteiger charge is -2.44. The molecule has 0 bridgehead atoms. The maximum Gasteiger partial charge on any atom is 0.256 e. The van der Waals surface area contributed by atoms with Crippen LogP contribution >= 0.6 is 0 Å². The Bertz CT molecular complexity index is 4640. The molecule has 0 saturated heterocycles. The number of rotatable bonds is 9. The molecule has 85 heavy (non-hydrogen) atoms. The van der Waals surface area contributed by atoms with Gasteiger partial charge in [-0.2, -0.15) is 0 Å². The van der Waals surface area contributed by atoms with E-state index in [0.29, 0.717) is 0 Å². The highest BCUT2D eigenvalue weighted by molar-refractivity contribution is 7.02. The van der Waals surface area contributed by atoms with Gasteiger partial charge >= 0.3 is 0 Å². The number of para-hydroxylation sites is 6. The molecule has 0 spiro atoms. The standard InChI is InChI=1S/C78H51B2N3O2/c1-7-26-52(27-8-1)56-46-70-76-74(47-56)85-73-51-69-65(50-66(73)79(76)63-41-20-23-44-68(63)83(70)78-61(54-30-11-3-12-31-54)39-25-40-62(78)55-32-13-4-14-33-55)80-64-42-21-24-45-72(64)84-75-49-59(81(57-34-15-5-16-35-57)58-36-17-6-18-37-58)48-71(77(75)80)82(69)67-43-22-19-38-60(67)53-28-9-2-10-29-53/h1-51H. The third-order valence-corrected chi connectivity index (χ3v) is 17.5. The van der Waals surface area contributed by atoms with Gasteiger partial charge in [0, 0.05) is 62.9 Å². The van der Waals surface area contributed by atoms with E-state index in [2.05, 4.69) is 324 Å². The van der Waals surface area contributed by atoms with Gasteiger partial charge in [0.25, 0.3) is 13.4 Å². The van der Waals surface area contributed by atoms with Crippen LogP contribution in [0.4, 0.5) is 51.2 Å². The summed E-state index contributed by atoms with van der Waals surface area (Å²) in [6, 6.07) is 112. The van der Waals surface area contributed by atoms with Crippen molar-refractivity contribution in [2.75, 3.05) is 14.7 Å². The Morgan fingerprint density at radius 2 is 0.718 bits per heavy atom. The van der Waals surface area contributed by atoms with E-state index in [-0.39, 0.29) is 13.4 Å². The van der Waals surface area contributed by atoms with E-state index < -0.39 is 0 Å². The van der Waals surface area contributed by atoms with E-state index in [1.165, 1.54) is 10.9 Å². The van der Waals surface area contributed by atoms with Crippen LogP contribution in [0.1, 0.15) is 0 Å². The average molecular weight is 1080 g/mol. The van der Waals surface area contributed by atoms with Crippen LogP contribution in [0.5, 0.6) is 23.0 Å². The van der Waals surface area contributed by atoms with Crippen molar-refractivity contribution in [2.24, 2.45) is 0 Å². The molecule has 4 heterocycles. The molecule has 0 fully saturated rings. The highest BCUT2D eigenvalue weighted by atomic mass is 16.5. The first-order chi connectivity index (χ1) is 42.2. The second-order valence-corrected chi connectivity index (χ2v) is 22.3. The first-order valence-corrected chi connectivity index (χ1v) is 29.2. The second kappa shape index (κ2) is 19.9. The molecule has 0 radical (unpaired) electrons. The summed E-state index contributed by atoms with van der Waals surface area (Å²) in [5, 5.41) is 0. The molecule has 0 atom stereocenters. The Kier molecular flexibility index (Phi) is 11.4. The Morgan fingerprint density at radius 3 is 1.35 bits per heavy atom. The van der Waals surface area contributed by atoms with Crippen molar-refractivity contribution in [1.82, 2.24) is 0 Å². The van der Waals surface area contributed by atoms with E-state index in [1.807, 2.05) is 0 Å². The summed E-state index contributed by atoms with van der Waals surface area (Å²) in [7, 11) is 0. The zero-order chi connectivity index (χ0) is 56.0. The van der Waals surface area contributed by atoms with Gasteiger partial charge in [0.15, 0.2) is 0 Å². The largest absolute Gasteiger partial charge is 0.458 e. The molecule has 13 aromatic carbocycles. The van der Waals surface area contributed by atoms with E-state index in [0.717, 1.165) is 141 Å². The normalized spacial score (nSPS) is 12.8. The number of hydrogen-bond donors (Lipinski definition) is 0. The highest BCUT2D eigenvalue weighted by Crippen LogP contribution is 2.52. The van der Waals surface area contributed by atoms with E-state index >= 15 is 0 Å². The Morgan fingerprint density at radius 1 is 0.247 bits per heavy atom. The summed E-state index contributed by atoms with van der Waals surface area (Å²) in [4.78, 5) is 7.38. The molecular weight excluding hydrogens is 1030 g/mol. The van der Waals surface area contributed by atoms with Gasteiger partial charge in [0.05, 0.1) is 17.1 Å². The quantitative estimate of drug-likeness (QED) is 0.134. The maximum atomic E-state index is 7.74. The van der Waals surface area contributed by atoms with E-state index in [4.69, 9.17) is 9.47 Å². The van der Waals surface area contributed by atoms with Crippen LogP contribution in [0.3, 0.4) is 0 Å². The first kappa shape index (κ1) is 48.7. The van der Waals surface area contributed by atoms with Crippen molar-refractivity contribution in [2.45, 2.75) is 0 Å². The molecule has 0 aliphatic carbocycles. The lowest BCUT2D eigenvalue weighted by atomic mass is 9.31. The van der Waals surface area contributed by atoms with Gasteiger partial charge in [-0.15, -0.1) is 0 Å². The number of fused-ring (bicyclic) bond motifs is 8. The summed E-state index contributed by atoms with van der Waals surface area (Å²) in [6.45, 7) is -0.400. The zero-order valence-corrected chi connectivity index (χ0v) is 46.3. The van der Waals surface area contributed by atoms with Gasteiger partial charge in [-0.3, -0.25) is 0 Å². The van der Waals surface area contributed by atoms with Crippen LogP contribution in [0, 0.1) is 0 Å². The molecule has 17 rings (SSSR count). The molecule has 4 aliphatic rings. The van der Waals surface area contributed by atoms with Gasteiger partial charge in [0.1, 0.15) is 23.0 Å². The molecule has 0 amide bonds. The number of hydrogen-bond acceptors (Lipinski definition) is 5. The summed E-state index contributed by atoms with van der Waals surface area (Å²) in [5.74, 6) is 3.32. The summed E-state index contributed by atoms with van der Waals surface area (Å²) < 4.78 is 15.0. The monoisotopic (exact) mass is 1080 g/mol. The van der Waals surface area contributed by atoms with Crippen molar-refractivity contribution in [3.05, 3.63) is 309 Å². The van der Waals surface area contributed by atoms with Crippen molar-refractivity contribution < 1.29 is 9.47 Å². The Labute approximate surface area is 495 Å². The summed E-state index contributed by atoms with van der Waals surface area (Å²) in [6.07, 6.45) is 0. The first-order valence-electron chi connectivity index (χ1n) is 29.2. The lowest BCUT2D eigenvalue weighted by Crippen LogP contribution is -2.63. The minimum atomic E-state index is -0.200. The Hall–Kier alpha value is -11.0. The molecule has 0 N–H and O–H groups in total. The topological polar surface area (TPSA) is 28.2 Å². The van der Waals surface area contributed by atoms with Crippen LogP contribution in [0.2, 0.25) is 0 Å². The number of anilines is 9. The minimum absolute atomic E-state index is 0.200. The fraction of sp³-hybridized carbons (Fsp3) is 0. The Balaban J connectivity index is 0.949. The van der Waals surface area contributed by atoms with Crippen molar-refractivity contribution >= 4 is 97.4 Å². The average Bonchev–Trinajstić information content (AvgIpc) is 1.04. The van der Waals surface area contributed by atoms with Crippen LogP contribution in [0.15, 0.2) is 309 Å². The predicted octanol–water partition coefficient (Wildman–Crippen LogP) is 16.6. The molecule has 5 nitrogen and oxygen atoms in total. The smallest absolute Gasteiger partial charge is 0.256 e. The van der Waals surface area contributed by atoms with Gasteiger partial charge in [-0.05, 0) is 121 Å². The SMILES string of the molecule is c1ccc(-c2cc3c4c(c2)N(c2c(-c5ccccc5)cccc2-c2ccccc2)c2ccccc2B4c2cc4c(cc2O3)N(c2ccccc2-c2ccccc2)c2cc(N(c3ccccc3)c3ccccc3)cc3c2B4c2ccccc2O3)cc1. The third kappa shape index (κ3) is 7.88. The van der Waals surface area contributed by atoms with Crippen LogP contribution < -0.4 is 57.0 Å². The summed E-state index contributed by atoms with van der Waals surface area (Å²) >= 11 is 0. The number of nitrogens with zero attached hydrogens (tertiary/aromatic N) is 3. The zero-order valence-electron chi connectivity index (χ0n) is 46.3. The maximum absolute atomic E-state index is 7.74. The fourth-order valence-corrected chi connectivity index (χ4v) is 13.9. The van der Waals surface area contributed by atoms with Crippen LogP contribution in [0.25, 0.3) is 44.5 Å². The fourth-order valence-electron chi connectivity index (χ4n) is 13.9. The van der Waals surface area contributed by atoms with Crippen LogP contribution in [-0.2, 0) is 0 Å². The van der Waals surface area contributed by atoms with Crippen molar-refractivity contribution in [1.29, 1.82) is 0 Å². The molecule has 4 aliphatic heterocycles. The highest BCUT2D eigenvalue weighted by Gasteiger charge is 2.48. The van der Waals surface area contributed by atoms with Gasteiger partial charge in [0.2, 0.25) is 0 Å². The number of benzene rings is 13. The second-order valence-electron chi connectivity index (χ2n) is 22.3. The van der Waals surface area contributed by atoms with E-state index in [1.54, 1.807) is 0 Å². The van der Waals surface area contributed by atoms with Gasteiger partial charge in [-0.1, -0.05) is 237 Å². The summed E-state index contributed by atoms with van der Waals surface area (Å²) in [5.41, 5.74) is 25.4. The lowest BCUT2D eigenvalue weighted by molar-refractivity contribution is 0.487. The van der Waals surface area contributed by atoms with Crippen molar-refractivity contribution in [3.8, 4) is 67.5 Å². The molecule has 0 saturated carbocycles. The van der Waals surface area contributed by atoms with Crippen molar-refractivity contribution in [3.63, 3.8) is 0 Å². The van der Waals surface area contributed by atoms with Gasteiger partial charge < -0.3 is 24.2 Å². The molecule has 396 valence electrons. The molecule has 0 unspecified atom stereocenters. The van der Waals surface area contributed by atoms with E-state index in [9.17, 15) is 0 Å². The number of ether oxygens (including phenoxy) is 2. The van der Waals surface area contributed by atoms with Crippen LogP contribution in [-0.4, -0.2) is 13.4 Å². The molecule has 0 aromatic heterocycles.